The van der Waals surface area contributed by atoms with Crippen molar-refractivity contribution in [3.05, 3.63) is 103 Å². The van der Waals surface area contributed by atoms with Crippen LogP contribution >= 0.6 is 11.3 Å². The molecule has 0 bridgehead atoms. The van der Waals surface area contributed by atoms with Crippen molar-refractivity contribution in [1.29, 1.82) is 0 Å². The molecule has 0 aliphatic rings. The Morgan fingerprint density at radius 3 is 2.22 bits per heavy atom. The van der Waals surface area contributed by atoms with E-state index >= 15 is 0 Å². The summed E-state index contributed by atoms with van der Waals surface area (Å²) in [4.78, 5) is 10.3. The van der Waals surface area contributed by atoms with Crippen molar-refractivity contribution in [1.82, 2.24) is 14.4 Å². The van der Waals surface area contributed by atoms with Crippen LogP contribution in [0, 0.1) is 0 Å². The molecule has 0 aliphatic heterocycles. The van der Waals surface area contributed by atoms with Gasteiger partial charge in [0.05, 0.1) is 22.1 Å². The van der Waals surface area contributed by atoms with E-state index in [0.29, 0.717) is 0 Å². The van der Waals surface area contributed by atoms with Crippen LogP contribution in [0.5, 0.6) is 0 Å². The molecule has 166 valence electrons. The Hall–Kier alpha value is -4.54. The first-order chi connectivity index (χ1) is 17.8. The van der Waals surface area contributed by atoms with Gasteiger partial charge in [-0.2, -0.15) is 0 Å². The van der Waals surface area contributed by atoms with Gasteiger partial charge in [-0.3, -0.25) is 4.40 Å². The topological polar surface area (TPSA) is 30.2 Å². The third-order valence-corrected chi connectivity index (χ3v) is 8.61. The summed E-state index contributed by atoms with van der Waals surface area (Å²) < 4.78 is 4.96. The number of nitrogens with zero attached hydrogens (tertiary/aromatic N) is 3. The van der Waals surface area contributed by atoms with Crippen molar-refractivity contribution in [2.75, 3.05) is 0 Å². The number of thiophene rings is 1. The summed E-state index contributed by atoms with van der Waals surface area (Å²) in [5.41, 5.74) is 8.61. The minimum Gasteiger partial charge on any atom is -0.291 e. The van der Waals surface area contributed by atoms with Crippen LogP contribution < -0.4 is 0 Å². The van der Waals surface area contributed by atoms with Gasteiger partial charge in [0.15, 0.2) is 5.65 Å². The van der Waals surface area contributed by atoms with Crippen LogP contribution in [0.25, 0.3) is 80.7 Å². The molecule has 9 aromatic rings. The van der Waals surface area contributed by atoms with Gasteiger partial charge in [-0.25, -0.2) is 9.97 Å². The van der Waals surface area contributed by atoms with Crippen LogP contribution in [0.15, 0.2) is 103 Å². The zero-order valence-electron chi connectivity index (χ0n) is 19.1. The maximum Gasteiger partial charge on any atom is 0.165 e. The predicted octanol–water partition coefficient (Wildman–Crippen LogP) is 8.81. The van der Waals surface area contributed by atoms with Crippen molar-refractivity contribution in [3.8, 4) is 11.1 Å². The molecule has 36 heavy (non-hydrogen) atoms. The largest absolute Gasteiger partial charge is 0.291 e. The Labute approximate surface area is 209 Å². The Morgan fingerprint density at radius 1 is 0.556 bits per heavy atom. The first kappa shape index (κ1) is 18.7. The number of hydrogen-bond donors (Lipinski definition) is 0. The summed E-state index contributed by atoms with van der Waals surface area (Å²) in [6.07, 6.45) is 0. The highest BCUT2D eigenvalue weighted by Gasteiger charge is 2.24. The Bertz CT molecular complexity index is 2310. The second-order valence-electron chi connectivity index (χ2n) is 9.44. The summed E-state index contributed by atoms with van der Waals surface area (Å²) in [5, 5.41) is 6.39. The lowest BCUT2D eigenvalue weighted by molar-refractivity contribution is 1.28. The van der Waals surface area contributed by atoms with Crippen molar-refractivity contribution >= 4 is 80.9 Å². The second kappa shape index (κ2) is 6.56. The van der Waals surface area contributed by atoms with Gasteiger partial charge < -0.3 is 0 Å². The zero-order chi connectivity index (χ0) is 23.4. The molecule has 0 unspecified atom stereocenters. The van der Waals surface area contributed by atoms with Crippen molar-refractivity contribution in [2.24, 2.45) is 0 Å². The Morgan fingerprint density at radius 2 is 1.33 bits per heavy atom. The normalized spacial score (nSPS) is 12.4. The number of aromatic nitrogens is 3. The fourth-order valence-corrected chi connectivity index (χ4v) is 7.12. The van der Waals surface area contributed by atoms with Gasteiger partial charge in [0.2, 0.25) is 0 Å². The van der Waals surface area contributed by atoms with Gasteiger partial charge in [-0.05, 0) is 47.5 Å². The average Bonchev–Trinajstić information content (AvgIpc) is 3.57. The molecule has 0 fully saturated rings. The summed E-state index contributed by atoms with van der Waals surface area (Å²) >= 11 is 1.86. The van der Waals surface area contributed by atoms with Crippen molar-refractivity contribution in [3.63, 3.8) is 0 Å². The number of fused-ring (bicyclic) bond motifs is 11. The summed E-state index contributed by atoms with van der Waals surface area (Å²) in [6, 6.07) is 36.7. The molecule has 4 aromatic heterocycles. The lowest BCUT2D eigenvalue weighted by Crippen LogP contribution is -1.89. The first-order valence-corrected chi connectivity index (χ1v) is 12.9. The second-order valence-corrected chi connectivity index (χ2v) is 10.5. The fourth-order valence-electron chi connectivity index (χ4n) is 5.96. The maximum absolute atomic E-state index is 5.14. The minimum atomic E-state index is 0.923. The van der Waals surface area contributed by atoms with Gasteiger partial charge in [-0.15, -0.1) is 11.3 Å². The smallest absolute Gasteiger partial charge is 0.165 e. The molecule has 0 radical (unpaired) electrons. The monoisotopic (exact) mass is 475 g/mol. The minimum absolute atomic E-state index is 0.923. The maximum atomic E-state index is 5.14. The number of benzene rings is 5. The Balaban J connectivity index is 1.58. The predicted molar refractivity (Wildman–Crippen MR) is 153 cm³/mol. The third kappa shape index (κ3) is 2.27. The van der Waals surface area contributed by atoms with E-state index in [1.807, 2.05) is 29.5 Å². The van der Waals surface area contributed by atoms with Crippen LogP contribution in [-0.4, -0.2) is 14.4 Å². The summed E-state index contributed by atoms with van der Waals surface area (Å²) in [5.74, 6) is 0. The van der Waals surface area contributed by atoms with Gasteiger partial charge in [0.1, 0.15) is 5.52 Å². The average molecular weight is 476 g/mol. The zero-order valence-corrected chi connectivity index (χ0v) is 19.9. The number of para-hydroxylation sites is 2. The molecule has 5 aromatic carbocycles. The van der Waals surface area contributed by atoms with E-state index in [9.17, 15) is 0 Å². The lowest BCUT2D eigenvalue weighted by atomic mass is 10.00. The van der Waals surface area contributed by atoms with E-state index in [-0.39, 0.29) is 0 Å². The van der Waals surface area contributed by atoms with Gasteiger partial charge in [0.25, 0.3) is 0 Å². The van der Waals surface area contributed by atoms with Gasteiger partial charge >= 0.3 is 0 Å². The highest BCUT2D eigenvalue weighted by Crippen LogP contribution is 2.47. The molecule has 0 amide bonds. The standard InChI is InChI=1S/C32H17N3S/c1-2-8-18(9-3-1)19-14-15-25-21(16-19)29-28-20-10-4-7-13-26(20)36-27(28)17-22-30-32(35(25)31(22)29)34-24-12-6-5-11-23(24)33-30/h1-17H. The van der Waals surface area contributed by atoms with E-state index in [2.05, 4.69) is 89.3 Å². The van der Waals surface area contributed by atoms with Gasteiger partial charge in [-0.1, -0.05) is 66.7 Å². The molecule has 0 saturated carbocycles. The third-order valence-electron chi connectivity index (χ3n) is 7.50. The molecule has 0 saturated heterocycles. The van der Waals surface area contributed by atoms with Crippen LogP contribution in [0.1, 0.15) is 0 Å². The molecule has 3 nitrogen and oxygen atoms in total. The molecule has 0 spiro atoms. The molecular formula is C32H17N3S. The van der Waals surface area contributed by atoms with E-state index in [4.69, 9.17) is 9.97 Å². The highest BCUT2D eigenvalue weighted by atomic mass is 32.1. The first-order valence-electron chi connectivity index (χ1n) is 12.1. The van der Waals surface area contributed by atoms with E-state index in [1.165, 1.54) is 58.5 Å². The lowest BCUT2D eigenvalue weighted by Gasteiger charge is -2.04. The quantitative estimate of drug-likeness (QED) is 0.237. The fraction of sp³-hybridized carbons (Fsp3) is 0. The molecular weight excluding hydrogens is 458 g/mol. The highest BCUT2D eigenvalue weighted by molar-refractivity contribution is 7.26. The van der Waals surface area contributed by atoms with Crippen LogP contribution in [0.3, 0.4) is 0 Å². The molecule has 4 heteroatoms. The van der Waals surface area contributed by atoms with E-state index in [0.717, 1.165) is 22.2 Å². The van der Waals surface area contributed by atoms with E-state index < -0.39 is 0 Å². The van der Waals surface area contributed by atoms with Crippen molar-refractivity contribution in [2.45, 2.75) is 0 Å². The SMILES string of the molecule is c1ccc(-c2ccc3c(c2)c2c4c(cc5c6nc7ccccc7nc6n3c52)sc2ccccc24)cc1. The van der Waals surface area contributed by atoms with E-state index in [1.54, 1.807) is 0 Å². The summed E-state index contributed by atoms with van der Waals surface area (Å²) in [7, 11) is 0. The molecule has 9 rings (SSSR count). The van der Waals surface area contributed by atoms with Crippen LogP contribution in [-0.2, 0) is 0 Å². The number of hydrogen-bond acceptors (Lipinski definition) is 3. The van der Waals surface area contributed by atoms with Crippen LogP contribution in [0.4, 0.5) is 0 Å². The molecule has 0 atom stereocenters. The molecule has 4 heterocycles. The van der Waals surface area contributed by atoms with Gasteiger partial charge in [0, 0.05) is 36.3 Å². The van der Waals surface area contributed by atoms with Crippen molar-refractivity contribution < 1.29 is 0 Å². The number of rotatable bonds is 1. The summed E-state index contributed by atoms with van der Waals surface area (Å²) in [6.45, 7) is 0. The Kier molecular flexibility index (Phi) is 3.42. The van der Waals surface area contributed by atoms with Crippen LogP contribution in [0.2, 0.25) is 0 Å². The molecule has 0 N–H and O–H groups in total. The molecule has 0 aliphatic carbocycles.